The molecule has 1 rings (SSSR count). The minimum Gasteiger partial charge on any atom is -0.386 e. The summed E-state index contributed by atoms with van der Waals surface area (Å²) in [5, 5.41) is 3.13. The van der Waals surface area contributed by atoms with Gasteiger partial charge in [0.25, 0.3) is 0 Å². The predicted octanol–water partition coefficient (Wildman–Crippen LogP) is 0.369. The lowest BCUT2D eigenvalue weighted by Crippen LogP contribution is -2.25. The molecule has 0 spiro atoms. The van der Waals surface area contributed by atoms with Crippen molar-refractivity contribution in [2.45, 2.75) is 0 Å². The van der Waals surface area contributed by atoms with Gasteiger partial charge in [-0.2, -0.15) is 0 Å². The highest BCUT2D eigenvalue weighted by molar-refractivity contribution is 5.14. The van der Waals surface area contributed by atoms with Gasteiger partial charge in [-0.05, 0) is 0 Å². The Labute approximate surface area is 73.7 Å². The molecule has 0 amide bonds. The first kappa shape index (κ1) is 9.13. The maximum atomic E-state index is 4.98. The number of likely N-dealkylation sites (N-methyl/N-ethyl adjacent to an activating group) is 1. The molecule has 0 aromatic rings. The van der Waals surface area contributed by atoms with Crippen molar-refractivity contribution in [3.63, 3.8) is 0 Å². The van der Waals surface area contributed by atoms with E-state index in [-0.39, 0.29) is 0 Å². The molecule has 1 aliphatic heterocycles. The van der Waals surface area contributed by atoms with Crippen LogP contribution in [0.2, 0.25) is 0 Å². The first-order valence-electron chi connectivity index (χ1n) is 4.06. The standard InChI is InChI=1S/C9H15N2O/c1-11(6-7-12-2)9-4-3-5-10-8-9/h3,8,10H,5-7H2,1-2H3. The van der Waals surface area contributed by atoms with E-state index in [4.69, 9.17) is 4.74 Å². The smallest absolute Gasteiger partial charge is 0.0637 e. The van der Waals surface area contributed by atoms with Gasteiger partial charge >= 0.3 is 0 Å². The third-order valence-electron chi connectivity index (χ3n) is 1.75. The van der Waals surface area contributed by atoms with Crippen LogP contribution in [0.15, 0.2) is 18.0 Å². The van der Waals surface area contributed by atoms with E-state index in [2.05, 4.69) is 16.3 Å². The topological polar surface area (TPSA) is 24.5 Å². The lowest BCUT2D eigenvalue weighted by Gasteiger charge is -2.21. The van der Waals surface area contributed by atoms with Crippen molar-refractivity contribution in [3.05, 3.63) is 24.0 Å². The van der Waals surface area contributed by atoms with Gasteiger partial charge < -0.3 is 15.0 Å². The van der Waals surface area contributed by atoms with Crippen LogP contribution in [-0.4, -0.2) is 38.8 Å². The minimum atomic E-state index is 0.746. The summed E-state index contributed by atoms with van der Waals surface area (Å²) in [7, 11) is 3.74. The fraction of sp³-hybridized carbons (Fsp3) is 0.556. The van der Waals surface area contributed by atoms with E-state index in [0.29, 0.717) is 0 Å². The molecule has 1 radical (unpaired) electrons. The van der Waals surface area contributed by atoms with E-state index in [1.807, 2.05) is 19.3 Å². The Morgan fingerprint density at radius 2 is 2.58 bits per heavy atom. The third kappa shape index (κ3) is 2.58. The number of nitrogens with zero attached hydrogens (tertiary/aromatic N) is 1. The highest BCUT2D eigenvalue weighted by Crippen LogP contribution is 2.03. The monoisotopic (exact) mass is 167 g/mol. The summed E-state index contributed by atoms with van der Waals surface area (Å²) in [5.74, 6) is 0. The summed E-state index contributed by atoms with van der Waals surface area (Å²) in [4.78, 5) is 2.10. The number of nitrogens with one attached hydrogen (secondary N) is 1. The van der Waals surface area contributed by atoms with Crippen LogP contribution in [0.5, 0.6) is 0 Å². The Morgan fingerprint density at radius 1 is 1.75 bits per heavy atom. The molecular weight excluding hydrogens is 152 g/mol. The van der Waals surface area contributed by atoms with Crippen LogP contribution in [0, 0.1) is 6.08 Å². The van der Waals surface area contributed by atoms with Gasteiger partial charge in [0, 0.05) is 39.5 Å². The van der Waals surface area contributed by atoms with Crippen LogP contribution in [0.25, 0.3) is 0 Å². The zero-order chi connectivity index (χ0) is 8.81. The van der Waals surface area contributed by atoms with Gasteiger partial charge in [0.2, 0.25) is 0 Å². The van der Waals surface area contributed by atoms with Gasteiger partial charge in [0.05, 0.1) is 12.3 Å². The van der Waals surface area contributed by atoms with Crippen LogP contribution in [0.4, 0.5) is 0 Å². The molecule has 0 aromatic heterocycles. The first-order valence-corrected chi connectivity index (χ1v) is 4.06. The number of rotatable bonds is 4. The van der Waals surface area contributed by atoms with E-state index < -0.39 is 0 Å². The minimum absolute atomic E-state index is 0.746. The Balaban J connectivity index is 2.35. The van der Waals surface area contributed by atoms with Crippen LogP contribution < -0.4 is 5.32 Å². The lowest BCUT2D eigenvalue weighted by atomic mass is 10.3. The fourth-order valence-corrected chi connectivity index (χ4v) is 0.981. The van der Waals surface area contributed by atoms with Crippen molar-refractivity contribution in [1.82, 2.24) is 10.2 Å². The summed E-state index contributed by atoms with van der Waals surface area (Å²) in [6.07, 6.45) is 7.12. The van der Waals surface area contributed by atoms with Crippen molar-refractivity contribution >= 4 is 0 Å². The molecule has 0 aliphatic carbocycles. The lowest BCUT2D eigenvalue weighted by molar-refractivity contribution is 0.174. The molecule has 0 bridgehead atoms. The van der Waals surface area contributed by atoms with E-state index in [0.717, 1.165) is 25.4 Å². The largest absolute Gasteiger partial charge is 0.386 e. The molecule has 0 saturated heterocycles. The molecule has 12 heavy (non-hydrogen) atoms. The van der Waals surface area contributed by atoms with E-state index >= 15 is 0 Å². The predicted molar refractivity (Wildman–Crippen MR) is 48.4 cm³/mol. The normalized spacial score (nSPS) is 15.3. The van der Waals surface area contributed by atoms with Crippen LogP contribution in [-0.2, 0) is 4.74 Å². The second-order valence-electron chi connectivity index (χ2n) is 2.70. The molecule has 0 unspecified atom stereocenters. The Hall–Kier alpha value is -0.960. The maximum absolute atomic E-state index is 4.98. The van der Waals surface area contributed by atoms with Crippen molar-refractivity contribution in [3.8, 4) is 0 Å². The van der Waals surface area contributed by atoms with Gasteiger partial charge in [-0.15, -0.1) is 0 Å². The average Bonchev–Trinajstić information content (AvgIpc) is 2.15. The summed E-state index contributed by atoms with van der Waals surface area (Å²) in [6, 6.07) is 0. The number of hydrogen-bond donors (Lipinski definition) is 1. The summed E-state index contributed by atoms with van der Waals surface area (Å²) >= 11 is 0. The van der Waals surface area contributed by atoms with Crippen LogP contribution in [0.3, 0.4) is 0 Å². The zero-order valence-corrected chi connectivity index (χ0v) is 7.63. The molecule has 1 N–H and O–H groups in total. The van der Waals surface area contributed by atoms with E-state index in [1.54, 1.807) is 7.11 Å². The molecule has 3 heteroatoms. The van der Waals surface area contributed by atoms with Crippen LogP contribution in [0.1, 0.15) is 0 Å². The number of methoxy groups -OCH3 is 1. The molecular formula is C9H15N2O. The molecule has 1 aliphatic rings. The SMILES string of the molecule is COCCN(C)C1=CNCC=[C]1. The Kier molecular flexibility index (Phi) is 3.67. The summed E-state index contributed by atoms with van der Waals surface area (Å²) < 4.78 is 4.98. The van der Waals surface area contributed by atoms with Crippen molar-refractivity contribution in [1.29, 1.82) is 0 Å². The van der Waals surface area contributed by atoms with Crippen LogP contribution >= 0.6 is 0 Å². The molecule has 0 aromatic carbocycles. The maximum Gasteiger partial charge on any atom is 0.0637 e. The van der Waals surface area contributed by atoms with Crippen molar-refractivity contribution < 1.29 is 4.74 Å². The number of allylic oxidation sites excluding steroid dienone is 1. The van der Waals surface area contributed by atoms with Gasteiger partial charge in [-0.3, -0.25) is 0 Å². The third-order valence-corrected chi connectivity index (χ3v) is 1.75. The summed E-state index contributed by atoms with van der Waals surface area (Å²) in [5.41, 5.74) is 1.08. The second kappa shape index (κ2) is 4.83. The quantitative estimate of drug-likeness (QED) is 0.654. The number of hydrogen-bond acceptors (Lipinski definition) is 3. The molecule has 0 atom stereocenters. The summed E-state index contributed by atoms with van der Waals surface area (Å²) in [6.45, 7) is 2.52. The number of dihydropyridines is 1. The second-order valence-corrected chi connectivity index (χ2v) is 2.70. The molecule has 0 saturated carbocycles. The van der Waals surface area contributed by atoms with Gasteiger partial charge in [0.1, 0.15) is 0 Å². The zero-order valence-electron chi connectivity index (χ0n) is 7.63. The number of ether oxygens (including phenoxy) is 1. The van der Waals surface area contributed by atoms with Crippen molar-refractivity contribution in [2.75, 3.05) is 33.9 Å². The van der Waals surface area contributed by atoms with Gasteiger partial charge in [-0.1, -0.05) is 6.08 Å². The highest BCUT2D eigenvalue weighted by Gasteiger charge is 2.02. The van der Waals surface area contributed by atoms with Crippen molar-refractivity contribution in [2.24, 2.45) is 0 Å². The van der Waals surface area contributed by atoms with E-state index in [1.165, 1.54) is 0 Å². The average molecular weight is 167 g/mol. The Morgan fingerprint density at radius 3 is 3.17 bits per heavy atom. The van der Waals surface area contributed by atoms with Gasteiger partial charge in [-0.25, -0.2) is 0 Å². The highest BCUT2D eigenvalue weighted by atomic mass is 16.5. The first-order chi connectivity index (χ1) is 5.84. The molecule has 1 heterocycles. The fourth-order valence-electron chi connectivity index (χ4n) is 0.981. The molecule has 3 nitrogen and oxygen atoms in total. The molecule has 0 fully saturated rings. The van der Waals surface area contributed by atoms with E-state index in [9.17, 15) is 0 Å². The van der Waals surface area contributed by atoms with Gasteiger partial charge in [0.15, 0.2) is 0 Å². The Bertz CT molecular complexity index is 187. The molecule has 67 valence electrons.